The minimum atomic E-state index is -0.321. The summed E-state index contributed by atoms with van der Waals surface area (Å²) in [6.45, 7) is 10.1. The molecule has 0 N–H and O–H groups in total. The van der Waals surface area contributed by atoms with E-state index in [1.807, 2.05) is 0 Å². The lowest BCUT2D eigenvalue weighted by Gasteiger charge is -2.16. The number of rotatable bonds is 8. The monoisotopic (exact) mass is 354 g/mol. The lowest BCUT2D eigenvalue weighted by atomic mass is 10.0. The summed E-state index contributed by atoms with van der Waals surface area (Å²) in [7, 11) is -0.321. The standard InChI is InChI=1S/C13H27IOSi/c1-12(9-10-14)8-6-5-7-11-15-16-13(2,3)4/h9-10,12H,5-8,11,16H2,1-4H3. The molecule has 0 aliphatic rings. The van der Waals surface area contributed by atoms with E-state index in [9.17, 15) is 0 Å². The second-order valence-electron chi connectivity index (χ2n) is 5.76. The van der Waals surface area contributed by atoms with Gasteiger partial charge in [-0.15, -0.1) is 0 Å². The van der Waals surface area contributed by atoms with Crippen molar-refractivity contribution in [2.24, 2.45) is 5.92 Å². The van der Waals surface area contributed by atoms with Gasteiger partial charge in [0.15, 0.2) is 9.76 Å². The SMILES string of the molecule is CC(C=CI)CCCCCO[SiH2]C(C)(C)C. The van der Waals surface area contributed by atoms with E-state index in [-0.39, 0.29) is 9.76 Å². The fraction of sp³-hybridized carbons (Fsp3) is 0.846. The summed E-state index contributed by atoms with van der Waals surface area (Å²) in [6.07, 6.45) is 7.49. The van der Waals surface area contributed by atoms with Crippen molar-refractivity contribution in [3.8, 4) is 0 Å². The van der Waals surface area contributed by atoms with Gasteiger partial charge in [-0.25, -0.2) is 0 Å². The van der Waals surface area contributed by atoms with Gasteiger partial charge in [-0.1, -0.05) is 69.2 Å². The second kappa shape index (κ2) is 9.65. The van der Waals surface area contributed by atoms with Gasteiger partial charge in [0.05, 0.1) is 0 Å². The van der Waals surface area contributed by atoms with Crippen LogP contribution < -0.4 is 0 Å². The van der Waals surface area contributed by atoms with E-state index in [1.54, 1.807) is 0 Å². The average molecular weight is 354 g/mol. The van der Waals surface area contributed by atoms with Crippen LogP contribution in [-0.2, 0) is 4.43 Å². The number of halogens is 1. The molecule has 16 heavy (non-hydrogen) atoms. The summed E-state index contributed by atoms with van der Waals surface area (Å²) in [5.74, 6) is 0.738. The summed E-state index contributed by atoms with van der Waals surface area (Å²) in [5, 5.41) is 0.444. The third-order valence-electron chi connectivity index (χ3n) is 2.38. The Balaban J connectivity index is 3.22. The van der Waals surface area contributed by atoms with Gasteiger partial charge in [0, 0.05) is 6.61 Å². The molecule has 0 heterocycles. The van der Waals surface area contributed by atoms with Crippen molar-refractivity contribution in [3.05, 3.63) is 10.2 Å². The van der Waals surface area contributed by atoms with Gasteiger partial charge in [0.1, 0.15) is 0 Å². The summed E-state index contributed by atoms with van der Waals surface area (Å²) < 4.78 is 7.90. The normalized spacial score (nSPS) is 15.3. The second-order valence-corrected chi connectivity index (χ2v) is 9.30. The highest BCUT2D eigenvalue weighted by molar-refractivity contribution is 14.1. The molecule has 1 unspecified atom stereocenters. The summed E-state index contributed by atoms with van der Waals surface area (Å²) >= 11 is 2.29. The van der Waals surface area contributed by atoms with Crippen LogP contribution in [0.3, 0.4) is 0 Å². The first kappa shape index (κ1) is 16.6. The zero-order valence-corrected chi connectivity index (χ0v) is 14.8. The molecule has 0 saturated carbocycles. The summed E-state index contributed by atoms with van der Waals surface area (Å²) in [6, 6.07) is 0. The van der Waals surface area contributed by atoms with Gasteiger partial charge in [-0.2, -0.15) is 0 Å². The van der Waals surface area contributed by atoms with Crippen molar-refractivity contribution in [3.63, 3.8) is 0 Å². The molecule has 0 aromatic heterocycles. The Labute approximate surface area is 118 Å². The first-order chi connectivity index (χ1) is 7.45. The van der Waals surface area contributed by atoms with Crippen LogP contribution in [0.5, 0.6) is 0 Å². The maximum atomic E-state index is 5.78. The third-order valence-corrected chi connectivity index (χ3v) is 4.16. The highest BCUT2D eigenvalue weighted by Gasteiger charge is 2.10. The summed E-state index contributed by atoms with van der Waals surface area (Å²) in [5.41, 5.74) is 0. The predicted molar refractivity (Wildman–Crippen MR) is 85.0 cm³/mol. The first-order valence-corrected chi connectivity index (χ1v) is 8.83. The van der Waals surface area contributed by atoms with Crippen molar-refractivity contribution >= 4 is 32.4 Å². The van der Waals surface area contributed by atoms with Gasteiger partial charge >= 0.3 is 0 Å². The smallest absolute Gasteiger partial charge is 0.166 e. The van der Waals surface area contributed by atoms with Crippen LogP contribution in [0.15, 0.2) is 10.2 Å². The van der Waals surface area contributed by atoms with Crippen LogP contribution in [0.1, 0.15) is 53.4 Å². The Morgan fingerprint density at radius 3 is 2.50 bits per heavy atom. The molecule has 0 aromatic carbocycles. The minimum Gasteiger partial charge on any atom is -0.423 e. The Morgan fingerprint density at radius 2 is 1.94 bits per heavy atom. The van der Waals surface area contributed by atoms with E-state index >= 15 is 0 Å². The Bertz CT molecular complexity index is 187. The van der Waals surface area contributed by atoms with Crippen molar-refractivity contribution in [1.29, 1.82) is 0 Å². The zero-order valence-electron chi connectivity index (χ0n) is 11.3. The fourth-order valence-corrected chi connectivity index (χ4v) is 3.12. The molecule has 0 aromatic rings. The van der Waals surface area contributed by atoms with Gasteiger partial charge in [0.25, 0.3) is 0 Å². The van der Waals surface area contributed by atoms with E-state index < -0.39 is 0 Å². The third kappa shape index (κ3) is 12.7. The predicted octanol–water partition coefficient (Wildman–Crippen LogP) is 4.45. The maximum absolute atomic E-state index is 5.78. The minimum absolute atomic E-state index is 0.321. The van der Waals surface area contributed by atoms with Crippen LogP contribution >= 0.6 is 22.6 Å². The van der Waals surface area contributed by atoms with Crippen LogP contribution in [0.2, 0.25) is 5.04 Å². The van der Waals surface area contributed by atoms with Gasteiger partial charge < -0.3 is 4.43 Å². The topological polar surface area (TPSA) is 9.23 Å². The van der Waals surface area contributed by atoms with Gasteiger partial charge in [-0.3, -0.25) is 0 Å². The van der Waals surface area contributed by atoms with Crippen molar-refractivity contribution in [2.75, 3.05) is 6.61 Å². The highest BCUT2D eigenvalue weighted by Crippen LogP contribution is 2.20. The van der Waals surface area contributed by atoms with E-state index in [2.05, 4.69) is 60.4 Å². The van der Waals surface area contributed by atoms with Crippen LogP contribution in [0, 0.1) is 5.92 Å². The average Bonchev–Trinajstić information content (AvgIpc) is 2.15. The molecule has 0 bridgehead atoms. The van der Waals surface area contributed by atoms with Crippen LogP contribution in [0.25, 0.3) is 0 Å². The molecule has 0 amide bonds. The van der Waals surface area contributed by atoms with Crippen molar-refractivity contribution in [2.45, 2.75) is 58.4 Å². The Morgan fingerprint density at radius 1 is 1.25 bits per heavy atom. The quantitative estimate of drug-likeness (QED) is 0.355. The van der Waals surface area contributed by atoms with Crippen molar-refractivity contribution < 1.29 is 4.43 Å². The maximum Gasteiger partial charge on any atom is 0.166 e. The molecular formula is C13H27IOSi. The zero-order chi connectivity index (χ0) is 12.4. The molecule has 0 radical (unpaired) electrons. The first-order valence-electron chi connectivity index (χ1n) is 6.30. The van der Waals surface area contributed by atoms with Crippen molar-refractivity contribution in [1.82, 2.24) is 0 Å². The van der Waals surface area contributed by atoms with Crippen LogP contribution in [0.4, 0.5) is 0 Å². The van der Waals surface area contributed by atoms with Gasteiger partial charge in [-0.05, 0) is 27.9 Å². The van der Waals surface area contributed by atoms with E-state index in [4.69, 9.17) is 4.43 Å². The van der Waals surface area contributed by atoms with E-state index in [0.717, 1.165) is 12.5 Å². The molecular weight excluding hydrogens is 327 g/mol. The molecule has 0 rings (SSSR count). The fourth-order valence-electron chi connectivity index (χ4n) is 1.45. The molecule has 1 nitrogen and oxygen atoms in total. The van der Waals surface area contributed by atoms with E-state index in [0.29, 0.717) is 5.04 Å². The Kier molecular flexibility index (Phi) is 10.0. The lowest BCUT2D eigenvalue weighted by molar-refractivity contribution is 0.306. The molecule has 96 valence electrons. The highest BCUT2D eigenvalue weighted by atomic mass is 127. The lowest BCUT2D eigenvalue weighted by Crippen LogP contribution is -2.13. The van der Waals surface area contributed by atoms with Gasteiger partial charge in [0.2, 0.25) is 0 Å². The summed E-state index contributed by atoms with van der Waals surface area (Å²) in [4.78, 5) is 0. The molecule has 0 saturated heterocycles. The number of hydrogen-bond donors (Lipinski definition) is 0. The number of allylic oxidation sites excluding steroid dienone is 1. The molecule has 1 atom stereocenters. The number of hydrogen-bond acceptors (Lipinski definition) is 1. The molecule has 0 aliphatic carbocycles. The largest absolute Gasteiger partial charge is 0.423 e. The molecule has 0 fully saturated rings. The number of unbranched alkanes of at least 4 members (excludes halogenated alkanes) is 2. The molecule has 0 aliphatic heterocycles. The van der Waals surface area contributed by atoms with Crippen LogP contribution in [-0.4, -0.2) is 16.4 Å². The van der Waals surface area contributed by atoms with E-state index in [1.165, 1.54) is 25.7 Å². The molecule has 3 heteroatoms. The molecule has 0 spiro atoms. The Hall–Kier alpha value is 0.647.